The molecule has 0 bridgehead atoms. The van der Waals surface area contributed by atoms with E-state index in [1.54, 1.807) is 0 Å². The maximum absolute atomic E-state index is 12.7. The second-order valence-corrected chi connectivity index (χ2v) is 5.48. The van der Waals surface area contributed by atoms with Crippen molar-refractivity contribution in [1.82, 2.24) is 10.6 Å². The summed E-state index contributed by atoms with van der Waals surface area (Å²) in [6, 6.07) is 4.88. The molecule has 0 aliphatic carbocycles. The normalized spacial score (nSPS) is 10.7. The summed E-state index contributed by atoms with van der Waals surface area (Å²) in [5, 5.41) is 4.58. The second-order valence-electron chi connectivity index (χ2n) is 5.48. The molecule has 0 fully saturated rings. The molecule has 24 heavy (non-hydrogen) atoms. The lowest BCUT2D eigenvalue weighted by molar-refractivity contribution is -0.143. The summed E-state index contributed by atoms with van der Waals surface area (Å²) in [4.78, 5) is 34.3. The van der Waals surface area contributed by atoms with E-state index >= 15 is 0 Å². The predicted molar refractivity (Wildman–Crippen MR) is 87.4 cm³/mol. The van der Waals surface area contributed by atoms with Gasteiger partial charge >= 0.3 is 12.0 Å². The molecule has 0 saturated heterocycles. The second kappa shape index (κ2) is 10.1. The number of ether oxygens (including phenoxy) is 1. The van der Waals surface area contributed by atoms with Crippen LogP contribution in [-0.4, -0.2) is 31.1 Å². The number of carbonyl (C=O) groups excluding carboxylic acids is 3. The Kier molecular flexibility index (Phi) is 8.18. The van der Waals surface area contributed by atoms with E-state index in [0.717, 1.165) is 12.5 Å². The Labute approximate surface area is 140 Å². The van der Waals surface area contributed by atoms with Gasteiger partial charge in [0.1, 0.15) is 5.82 Å². The van der Waals surface area contributed by atoms with E-state index in [2.05, 4.69) is 10.6 Å². The fraction of sp³-hybridized carbons (Fsp3) is 0.353. The van der Waals surface area contributed by atoms with Crippen LogP contribution in [0.15, 0.2) is 30.3 Å². The number of esters is 1. The molecule has 0 aliphatic heterocycles. The SMILES string of the molecule is CC(C)CCNC(=O)NC(=O)COC(=O)/C=C/c1ccc(F)cc1. The summed E-state index contributed by atoms with van der Waals surface area (Å²) in [5.74, 6) is -1.40. The number of carbonyl (C=O) groups is 3. The molecule has 7 heteroatoms. The molecule has 2 N–H and O–H groups in total. The summed E-state index contributed by atoms with van der Waals surface area (Å²) >= 11 is 0. The molecule has 0 saturated carbocycles. The van der Waals surface area contributed by atoms with E-state index in [1.165, 1.54) is 30.3 Å². The highest BCUT2D eigenvalue weighted by Gasteiger charge is 2.09. The summed E-state index contributed by atoms with van der Waals surface area (Å²) in [7, 11) is 0. The van der Waals surface area contributed by atoms with E-state index in [9.17, 15) is 18.8 Å². The Balaban J connectivity index is 2.26. The number of benzene rings is 1. The van der Waals surface area contributed by atoms with Gasteiger partial charge in [0.05, 0.1) is 0 Å². The van der Waals surface area contributed by atoms with Crippen molar-refractivity contribution in [3.63, 3.8) is 0 Å². The maximum atomic E-state index is 12.7. The summed E-state index contributed by atoms with van der Waals surface area (Å²) in [5.41, 5.74) is 0.613. The predicted octanol–water partition coefficient (Wildman–Crippen LogP) is 2.25. The zero-order valence-corrected chi connectivity index (χ0v) is 13.7. The molecule has 1 aromatic carbocycles. The molecule has 6 nitrogen and oxygen atoms in total. The molecule has 0 aromatic heterocycles. The zero-order chi connectivity index (χ0) is 17.9. The van der Waals surface area contributed by atoms with Gasteiger partial charge in [0, 0.05) is 12.6 Å². The number of rotatable bonds is 7. The first kappa shape index (κ1) is 19.3. The smallest absolute Gasteiger partial charge is 0.331 e. The monoisotopic (exact) mass is 336 g/mol. The van der Waals surface area contributed by atoms with Crippen LogP contribution in [0.25, 0.3) is 6.08 Å². The van der Waals surface area contributed by atoms with Crippen molar-refractivity contribution in [1.29, 1.82) is 0 Å². The highest BCUT2D eigenvalue weighted by Crippen LogP contribution is 2.04. The molecule has 0 spiro atoms. The van der Waals surface area contributed by atoms with E-state index < -0.39 is 24.5 Å². The molecule has 0 atom stereocenters. The molecule has 1 rings (SSSR count). The minimum Gasteiger partial charge on any atom is -0.452 e. The van der Waals surface area contributed by atoms with Crippen LogP contribution in [0.4, 0.5) is 9.18 Å². The quantitative estimate of drug-likeness (QED) is 0.591. The van der Waals surface area contributed by atoms with Crippen molar-refractivity contribution in [2.75, 3.05) is 13.2 Å². The zero-order valence-electron chi connectivity index (χ0n) is 13.7. The standard InChI is InChI=1S/C17H21FN2O4/c1-12(2)9-10-19-17(23)20-15(21)11-24-16(22)8-5-13-3-6-14(18)7-4-13/h3-8,12H,9-11H2,1-2H3,(H2,19,20,21,23)/b8-5+. The Bertz CT molecular complexity index is 597. The maximum Gasteiger partial charge on any atom is 0.331 e. The number of halogens is 1. The van der Waals surface area contributed by atoms with E-state index in [4.69, 9.17) is 4.74 Å². The van der Waals surface area contributed by atoms with Gasteiger partial charge in [-0.3, -0.25) is 10.1 Å². The van der Waals surface area contributed by atoms with E-state index in [-0.39, 0.29) is 5.82 Å². The fourth-order valence-corrected chi connectivity index (χ4v) is 1.60. The first-order chi connectivity index (χ1) is 11.4. The van der Waals surface area contributed by atoms with Gasteiger partial charge < -0.3 is 10.1 Å². The highest BCUT2D eigenvalue weighted by atomic mass is 19.1. The van der Waals surface area contributed by atoms with Crippen LogP contribution in [0.3, 0.4) is 0 Å². The number of hydrogen-bond donors (Lipinski definition) is 2. The molecule has 0 radical (unpaired) electrons. The van der Waals surface area contributed by atoms with Crippen LogP contribution >= 0.6 is 0 Å². The molecule has 0 aliphatic rings. The van der Waals surface area contributed by atoms with E-state index in [0.29, 0.717) is 18.0 Å². The average Bonchev–Trinajstić information content (AvgIpc) is 2.52. The molecule has 130 valence electrons. The molecule has 0 heterocycles. The number of urea groups is 1. The van der Waals surface area contributed by atoms with Gasteiger partial charge in [-0.2, -0.15) is 0 Å². The van der Waals surface area contributed by atoms with Gasteiger partial charge in [0.15, 0.2) is 6.61 Å². The summed E-state index contributed by atoms with van der Waals surface area (Å²) in [6.07, 6.45) is 3.34. The largest absolute Gasteiger partial charge is 0.452 e. The lowest BCUT2D eigenvalue weighted by atomic mass is 10.1. The summed E-state index contributed by atoms with van der Waals surface area (Å²) < 4.78 is 17.4. The number of imide groups is 1. The number of nitrogens with one attached hydrogen (secondary N) is 2. The van der Waals surface area contributed by atoms with Crippen molar-refractivity contribution in [2.24, 2.45) is 5.92 Å². The van der Waals surface area contributed by atoms with Crippen molar-refractivity contribution in [3.8, 4) is 0 Å². The van der Waals surface area contributed by atoms with Crippen molar-refractivity contribution < 1.29 is 23.5 Å². The van der Waals surface area contributed by atoms with Crippen LogP contribution < -0.4 is 10.6 Å². The molecular weight excluding hydrogens is 315 g/mol. The van der Waals surface area contributed by atoms with Crippen LogP contribution in [-0.2, 0) is 14.3 Å². The average molecular weight is 336 g/mol. The fourth-order valence-electron chi connectivity index (χ4n) is 1.60. The first-order valence-electron chi connectivity index (χ1n) is 7.55. The minimum atomic E-state index is -0.741. The van der Waals surface area contributed by atoms with Gasteiger partial charge in [-0.1, -0.05) is 26.0 Å². The van der Waals surface area contributed by atoms with Gasteiger partial charge in [-0.25, -0.2) is 14.0 Å². The first-order valence-corrected chi connectivity index (χ1v) is 7.55. The number of amides is 3. The number of hydrogen-bond acceptors (Lipinski definition) is 4. The van der Waals surface area contributed by atoms with Crippen molar-refractivity contribution >= 4 is 24.0 Å². The van der Waals surface area contributed by atoms with Crippen molar-refractivity contribution in [2.45, 2.75) is 20.3 Å². The van der Waals surface area contributed by atoms with Gasteiger partial charge in [-0.15, -0.1) is 0 Å². The third-order valence-electron chi connectivity index (χ3n) is 2.89. The lowest BCUT2D eigenvalue weighted by Gasteiger charge is -2.08. The summed E-state index contributed by atoms with van der Waals surface area (Å²) in [6.45, 7) is 3.93. The Morgan fingerprint density at radius 1 is 1.21 bits per heavy atom. The van der Waals surface area contributed by atoms with Gasteiger partial charge in [-0.05, 0) is 36.1 Å². The molecule has 0 unspecified atom stereocenters. The Hall–Kier alpha value is -2.70. The Morgan fingerprint density at radius 3 is 2.50 bits per heavy atom. The molecule has 1 aromatic rings. The van der Waals surface area contributed by atoms with Crippen LogP contribution in [0.1, 0.15) is 25.8 Å². The van der Waals surface area contributed by atoms with Crippen LogP contribution in [0.5, 0.6) is 0 Å². The minimum absolute atomic E-state index is 0.377. The van der Waals surface area contributed by atoms with E-state index in [1.807, 2.05) is 13.8 Å². The van der Waals surface area contributed by atoms with Crippen molar-refractivity contribution in [3.05, 3.63) is 41.7 Å². The molecular formula is C17H21FN2O4. The molecule has 3 amide bonds. The highest BCUT2D eigenvalue weighted by molar-refractivity contribution is 5.96. The van der Waals surface area contributed by atoms with Crippen LogP contribution in [0.2, 0.25) is 0 Å². The third kappa shape index (κ3) is 8.67. The van der Waals surface area contributed by atoms with Gasteiger partial charge in [0.25, 0.3) is 5.91 Å². The Morgan fingerprint density at radius 2 is 1.88 bits per heavy atom. The van der Waals surface area contributed by atoms with Crippen LogP contribution in [0, 0.1) is 11.7 Å². The third-order valence-corrected chi connectivity index (χ3v) is 2.89. The van der Waals surface area contributed by atoms with Gasteiger partial charge in [0.2, 0.25) is 0 Å². The lowest BCUT2D eigenvalue weighted by Crippen LogP contribution is -2.41. The topological polar surface area (TPSA) is 84.5 Å².